The van der Waals surface area contributed by atoms with Crippen molar-refractivity contribution in [1.82, 2.24) is 19.7 Å². The van der Waals surface area contributed by atoms with E-state index in [4.69, 9.17) is 4.74 Å². The SMILES string of the molecule is COc1ccc(-n2c(Cc3ccc([N+](=O)[O-])cc3)nnc2-c2ccncc2)cc1. The van der Waals surface area contributed by atoms with E-state index in [-0.39, 0.29) is 5.69 Å². The number of pyridine rings is 1. The first-order chi connectivity index (χ1) is 14.2. The van der Waals surface area contributed by atoms with Crippen molar-refractivity contribution in [2.24, 2.45) is 0 Å². The zero-order chi connectivity index (χ0) is 20.2. The van der Waals surface area contributed by atoms with Crippen LogP contribution in [0.3, 0.4) is 0 Å². The standard InChI is InChI=1S/C21H17N5O3/c1-29-19-8-6-17(7-9-19)25-20(14-15-2-4-18(5-3-15)26(27)28)23-24-21(25)16-10-12-22-13-11-16/h2-13H,14H2,1H3. The van der Waals surface area contributed by atoms with E-state index in [2.05, 4.69) is 15.2 Å². The highest BCUT2D eigenvalue weighted by Crippen LogP contribution is 2.25. The molecule has 2 aromatic carbocycles. The van der Waals surface area contributed by atoms with Crippen molar-refractivity contribution in [2.75, 3.05) is 7.11 Å². The molecule has 0 N–H and O–H groups in total. The predicted octanol–water partition coefficient (Wildman–Crippen LogP) is 3.84. The highest BCUT2D eigenvalue weighted by molar-refractivity contribution is 5.58. The fourth-order valence-corrected chi connectivity index (χ4v) is 3.04. The molecular weight excluding hydrogens is 370 g/mol. The minimum absolute atomic E-state index is 0.0582. The molecule has 0 amide bonds. The summed E-state index contributed by atoms with van der Waals surface area (Å²) in [4.78, 5) is 14.5. The second-order valence-corrected chi connectivity index (χ2v) is 6.31. The van der Waals surface area contributed by atoms with Crippen LogP contribution in [0.5, 0.6) is 5.75 Å². The molecule has 0 bridgehead atoms. The quantitative estimate of drug-likeness (QED) is 0.368. The first kappa shape index (κ1) is 18.3. The topological polar surface area (TPSA) is 96.0 Å². The zero-order valence-corrected chi connectivity index (χ0v) is 15.6. The molecule has 0 aliphatic carbocycles. The summed E-state index contributed by atoms with van der Waals surface area (Å²) in [5, 5.41) is 19.7. The number of nitro groups is 1. The Hall–Kier alpha value is -4.07. The molecule has 0 spiro atoms. The summed E-state index contributed by atoms with van der Waals surface area (Å²) in [5.74, 6) is 2.16. The van der Waals surface area contributed by atoms with Gasteiger partial charge in [0, 0.05) is 42.2 Å². The third kappa shape index (κ3) is 3.81. The fraction of sp³-hybridized carbons (Fsp3) is 0.0952. The summed E-state index contributed by atoms with van der Waals surface area (Å²) in [7, 11) is 1.62. The van der Waals surface area contributed by atoms with Gasteiger partial charge in [0.05, 0.1) is 12.0 Å². The molecule has 2 aromatic heterocycles. The molecule has 0 aliphatic heterocycles. The van der Waals surface area contributed by atoms with Crippen LogP contribution in [-0.2, 0) is 6.42 Å². The largest absolute Gasteiger partial charge is 0.497 e. The number of ether oxygens (including phenoxy) is 1. The Morgan fingerprint density at radius 3 is 2.28 bits per heavy atom. The van der Waals surface area contributed by atoms with E-state index in [0.717, 1.165) is 28.4 Å². The highest BCUT2D eigenvalue weighted by atomic mass is 16.6. The minimum Gasteiger partial charge on any atom is -0.497 e. The van der Waals surface area contributed by atoms with Crippen molar-refractivity contribution in [2.45, 2.75) is 6.42 Å². The van der Waals surface area contributed by atoms with Crippen molar-refractivity contribution in [1.29, 1.82) is 0 Å². The first-order valence-corrected chi connectivity index (χ1v) is 8.88. The van der Waals surface area contributed by atoms with Crippen molar-refractivity contribution in [3.8, 4) is 22.8 Å². The summed E-state index contributed by atoms with van der Waals surface area (Å²) >= 11 is 0. The lowest BCUT2D eigenvalue weighted by Gasteiger charge is -2.11. The second kappa shape index (κ2) is 7.89. The lowest BCUT2D eigenvalue weighted by molar-refractivity contribution is -0.384. The van der Waals surface area contributed by atoms with Crippen LogP contribution in [0.4, 0.5) is 5.69 Å². The Kier molecular flexibility index (Phi) is 4.98. The van der Waals surface area contributed by atoms with E-state index < -0.39 is 4.92 Å². The molecule has 8 heteroatoms. The van der Waals surface area contributed by atoms with Gasteiger partial charge in [0.25, 0.3) is 5.69 Å². The predicted molar refractivity (Wildman–Crippen MR) is 107 cm³/mol. The molecular formula is C21H17N5O3. The number of hydrogen-bond donors (Lipinski definition) is 0. The molecule has 0 aliphatic rings. The number of aromatic nitrogens is 4. The number of rotatable bonds is 6. The van der Waals surface area contributed by atoms with Crippen LogP contribution in [-0.4, -0.2) is 31.8 Å². The van der Waals surface area contributed by atoms with E-state index in [0.29, 0.717) is 12.2 Å². The number of methoxy groups -OCH3 is 1. The fourth-order valence-electron chi connectivity index (χ4n) is 3.04. The summed E-state index contributed by atoms with van der Waals surface area (Å²) in [6.45, 7) is 0. The average molecular weight is 387 g/mol. The monoisotopic (exact) mass is 387 g/mol. The zero-order valence-electron chi connectivity index (χ0n) is 15.6. The maximum atomic E-state index is 10.9. The Bertz CT molecular complexity index is 1120. The molecule has 4 aromatic rings. The van der Waals surface area contributed by atoms with Crippen LogP contribution >= 0.6 is 0 Å². The third-order valence-corrected chi connectivity index (χ3v) is 4.51. The van der Waals surface area contributed by atoms with Crippen LogP contribution in [0, 0.1) is 10.1 Å². The van der Waals surface area contributed by atoms with E-state index in [1.54, 1.807) is 31.6 Å². The van der Waals surface area contributed by atoms with Crippen molar-refractivity contribution in [3.63, 3.8) is 0 Å². The number of nitrogens with zero attached hydrogens (tertiary/aromatic N) is 5. The van der Waals surface area contributed by atoms with Gasteiger partial charge in [-0.25, -0.2) is 0 Å². The van der Waals surface area contributed by atoms with Gasteiger partial charge < -0.3 is 4.74 Å². The van der Waals surface area contributed by atoms with Crippen LogP contribution < -0.4 is 4.74 Å². The van der Waals surface area contributed by atoms with E-state index in [1.165, 1.54) is 12.1 Å². The van der Waals surface area contributed by atoms with Crippen molar-refractivity contribution >= 4 is 5.69 Å². The molecule has 0 radical (unpaired) electrons. The molecule has 0 unspecified atom stereocenters. The normalized spacial score (nSPS) is 10.7. The van der Waals surface area contributed by atoms with Crippen LogP contribution in [0.2, 0.25) is 0 Å². The molecule has 0 atom stereocenters. The number of hydrogen-bond acceptors (Lipinski definition) is 6. The summed E-state index contributed by atoms with van der Waals surface area (Å²) in [6.07, 6.45) is 3.89. The number of benzene rings is 2. The highest BCUT2D eigenvalue weighted by Gasteiger charge is 2.16. The lowest BCUT2D eigenvalue weighted by Crippen LogP contribution is -2.04. The Morgan fingerprint density at radius 2 is 1.66 bits per heavy atom. The van der Waals surface area contributed by atoms with Gasteiger partial charge in [0.2, 0.25) is 0 Å². The molecule has 144 valence electrons. The summed E-state index contributed by atoms with van der Waals surface area (Å²) in [6, 6.07) is 17.8. The second-order valence-electron chi connectivity index (χ2n) is 6.31. The lowest BCUT2D eigenvalue weighted by atomic mass is 10.1. The van der Waals surface area contributed by atoms with Gasteiger partial charge in [-0.3, -0.25) is 19.7 Å². The molecule has 29 heavy (non-hydrogen) atoms. The van der Waals surface area contributed by atoms with Gasteiger partial charge in [-0.15, -0.1) is 10.2 Å². The first-order valence-electron chi connectivity index (χ1n) is 8.88. The smallest absolute Gasteiger partial charge is 0.269 e. The van der Waals surface area contributed by atoms with Gasteiger partial charge in [-0.1, -0.05) is 12.1 Å². The Labute approximate surface area is 166 Å². The number of non-ortho nitro benzene ring substituents is 1. The van der Waals surface area contributed by atoms with Gasteiger partial charge in [0.15, 0.2) is 5.82 Å². The minimum atomic E-state index is -0.412. The number of nitro benzene ring substituents is 1. The maximum Gasteiger partial charge on any atom is 0.269 e. The third-order valence-electron chi connectivity index (χ3n) is 4.51. The molecule has 8 nitrogen and oxygen atoms in total. The molecule has 0 saturated carbocycles. The van der Waals surface area contributed by atoms with Gasteiger partial charge in [0.1, 0.15) is 11.6 Å². The molecule has 4 rings (SSSR count). The maximum absolute atomic E-state index is 10.9. The van der Waals surface area contributed by atoms with Crippen LogP contribution in [0.25, 0.3) is 17.1 Å². The summed E-state index contributed by atoms with van der Waals surface area (Å²) < 4.78 is 7.22. The van der Waals surface area contributed by atoms with E-state index in [1.807, 2.05) is 41.0 Å². The van der Waals surface area contributed by atoms with E-state index >= 15 is 0 Å². The van der Waals surface area contributed by atoms with Gasteiger partial charge in [-0.05, 0) is 42.0 Å². The van der Waals surface area contributed by atoms with Gasteiger partial charge in [-0.2, -0.15) is 0 Å². The van der Waals surface area contributed by atoms with Crippen LogP contribution in [0.15, 0.2) is 73.1 Å². The summed E-state index contributed by atoms with van der Waals surface area (Å²) in [5.41, 5.74) is 2.74. The average Bonchev–Trinajstić information content (AvgIpc) is 3.18. The molecule has 2 heterocycles. The van der Waals surface area contributed by atoms with Crippen molar-refractivity contribution < 1.29 is 9.66 Å². The van der Waals surface area contributed by atoms with Crippen molar-refractivity contribution in [3.05, 3.63) is 94.6 Å². The Morgan fingerprint density at radius 1 is 0.966 bits per heavy atom. The van der Waals surface area contributed by atoms with E-state index in [9.17, 15) is 10.1 Å². The molecule has 0 saturated heterocycles. The molecule has 0 fully saturated rings. The Balaban J connectivity index is 1.77. The van der Waals surface area contributed by atoms with Gasteiger partial charge >= 0.3 is 0 Å². The van der Waals surface area contributed by atoms with Crippen LogP contribution in [0.1, 0.15) is 11.4 Å².